The average Bonchev–Trinajstić information content (AvgIpc) is 3.28. The molecule has 3 heterocycles. The van der Waals surface area contributed by atoms with Gasteiger partial charge >= 0.3 is 0 Å². The summed E-state index contributed by atoms with van der Waals surface area (Å²) < 4.78 is 1.99. The molecule has 0 bridgehead atoms. The molecule has 132 valence electrons. The predicted octanol–water partition coefficient (Wildman–Crippen LogP) is 3.55. The first-order valence-corrected chi connectivity index (χ1v) is 9.57. The largest absolute Gasteiger partial charge is 0.351 e. The van der Waals surface area contributed by atoms with Gasteiger partial charge in [-0.2, -0.15) is 0 Å². The SMILES string of the molecule is CCN(CC)CCCNC(=O)c1sc2ncccc2c1-n1cccc1. The summed E-state index contributed by atoms with van der Waals surface area (Å²) in [5.41, 5.74) is 0.916. The molecule has 6 heteroatoms. The quantitative estimate of drug-likeness (QED) is 0.628. The van der Waals surface area contributed by atoms with Crippen molar-refractivity contribution in [2.24, 2.45) is 0 Å². The Balaban J connectivity index is 1.76. The Morgan fingerprint density at radius 2 is 2.00 bits per heavy atom. The first-order valence-electron chi connectivity index (χ1n) is 8.76. The Morgan fingerprint density at radius 1 is 1.24 bits per heavy atom. The number of hydrogen-bond acceptors (Lipinski definition) is 4. The van der Waals surface area contributed by atoms with Crippen molar-refractivity contribution < 1.29 is 4.79 Å². The molecule has 0 fully saturated rings. The first-order chi connectivity index (χ1) is 12.2. The highest BCUT2D eigenvalue weighted by molar-refractivity contribution is 7.21. The molecule has 1 amide bonds. The van der Waals surface area contributed by atoms with Crippen LogP contribution in [0.4, 0.5) is 0 Å². The summed E-state index contributed by atoms with van der Waals surface area (Å²) in [6.45, 7) is 8.10. The third-order valence-electron chi connectivity index (χ3n) is 4.34. The molecule has 0 aliphatic carbocycles. The van der Waals surface area contributed by atoms with E-state index in [-0.39, 0.29) is 5.91 Å². The molecule has 3 aromatic rings. The maximum Gasteiger partial charge on any atom is 0.263 e. The first kappa shape index (κ1) is 17.6. The maximum absolute atomic E-state index is 12.8. The molecule has 0 spiro atoms. The molecule has 5 nitrogen and oxygen atoms in total. The van der Waals surface area contributed by atoms with Crippen molar-refractivity contribution in [2.75, 3.05) is 26.2 Å². The average molecular weight is 356 g/mol. The highest BCUT2D eigenvalue weighted by Crippen LogP contribution is 2.32. The van der Waals surface area contributed by atoms with Crippen LogP contribution in [0.2, 0.25) is 0 Å². The second-order valence-electron chi connectivity index (χ2n) is 5.86. The van der Waals surface area contributed by atoms with Gasteiger partial charge in [0.2, 0.25) is 0 Å². The third-order valence-corrected chi connectivity index (χ3v) is 5.44. The van der Waals surface area contributed by atoms with E-state index in [2.05, 4.69) is 29.0 Å². The zero-order valence-electron chi connectivity index (χ0n) is 14.7. The fourth-order valence-electron chi connectivity index (χ4n) is 2.94. The van der Waals surface area contributed by atoms with Gasteiger partial charge < -0.3 is 14.8 Å². The zero-order chi connectivity index (χ0) is 17.6. The topological polar surface area (TPSA) is 50.2 Å². The van der Waals surface area contributed by atoms with Gasteiger partial charge in [0.15, 0.2) is 0 Å². The van der Waals surface area contributed by atoms with E-state index in [1.54, 1.807) is 6.20 Å². The van der Waals surface area contributed by atoms with E-state index in [9.17, 15) is 4.79 Å². The summed E-state index contributed by atoms with van der Waals surface area (Å²) in [6.07, 6.45) is 6.65. The summed E-state index contributed by atoms with van der Waals surface area (Å²) in [5.74, 6) is -0.0220. The van der Waals surface area contributed by atoms with Crippen LogP contribution in [0.15, 0.2) is 42.9 Å². The molecule has 0 aliphatic heterocycles. The lowest BCUT2D eigenvalue weighted by Crippen LogP contribution is -2.29. The van der Waals surface area contributed by atoms with Crippen LogP contribution in [0.1, 0.15) is 29.9 Å². The van der Waals surface area contributed by atoms with E-state index in [1.807, 2.05) is 41.2 Å². The van der Waals surface area contributed by atoms with E-state index >= 15 is 0 Å². The highest BCUT2D eigenvalue weighted by Gasteiger charge is 2.19. The van der Waals surface area contributed by atoms with Crippen LogP contribution in [-0.4, -0.2) is 46.5 Å². The minimum absolute atomic E-state index is 0.0220. The number of rotatable bonds is 8. The molecular weight excluding hydrogens is 332 g/mol. The van der Waals surface area contributed by atoms with Gasteiger partial charge in [-0.25, -0.2) is 4.98 Å². The number of pyridine rings is 1. The van der Waals surface area contributed by atoms with Crippen LogP contribution in [0.3, 0.4) is 0 Å². The van der Waals surface area contributed by atoms with Crippen LogP contribution in [0.5, 0.6) is 0 Å². The van der Waals surface area contributed by atoms with Crippen molar-refractivity contribution >= 4 is 27.5 Å². The van der Waals surface area contributed by atoms with Gasteiger partial charge in [0.1, 0.15) is 9.71 Å². The maximum atomic E-state index is 12.8. The van der Waals surface area contributed by atoms with Crippen molar-refractivity contribution in [1.82, 2.24) is 19.8 Å². The minimum atomic E-state index is -0.0220. The number of aromatic nitrogens is 2. The second-order valence-corrected chi connectivity index (χ2v) is 6.86. The van der Waals surface area contributed by atoms with Crippen molar-refractivity contribution in [1.29, 1.82) is 0 Å². The van der Waals surface area contributed by atoms with Crippen LogP contribution < -0.4 is 5.32 Å². The molecule has 0 atom stereocenters. The lowest BCUT2D eigenvalue weighted by molar-refractivity contribution is 0.0956. The summed E-state index contributed by atoms with van der Waals surface area (Å²) in [6, 6.07) is 7.86. The standard InChI is InChI=1S/C19H24N4OS/c1-3-22(4-2)12-8-11-20-18(24)17-16(23-13-5-6-14-23)15-9-7-10-21-19(15)25-17/h5-7,9-10,13-14H,3-4,8,11-12H2,1-2H3,(H,20,24). The number of carbonyl (C=O) groups excluding carboxylic acids is 1. The monoisotopic (exact) mass is 356 g/mol. The third kappa shape index (κ3) is 3.91. The number of nitrogens with zero attached hydrogens (tertiary/aromatic N) is 3. The Hall–Kier alpha value is -2.18. The summed E-state index contributed by atoms with van der Waals surface area (Å²) >= 11 is 1.45. The van der Waals surface area contributed by atoms with Gasteiger partial charge in [-0.15, -0.1) is 11.3 Å². The summed E-state index contributed by atoms with van der Waals surface area (Å²) in [5, 5.41) is 4.08. The van der Waals surface area contributed by atoms with Crippen molar-refractivity contribution in [3.8, 4) is 5.69 Å². The smallest absolute Gasteiger partial charge is 0.263 e. The van der Waals surface area contributed by atoms with E-state index in [0.29, 0.717) is 11.4 Å². The Morgan fingerprint density at radius 3 is 2.72 bits per heavy atom. The van der Waals surface area contributed by atoms with Gasteiger partial charge in [-0.05, 0) is 50.3 Å². The van der Waals surface area contributed by atoms with Gasteiger partial charge in [-0.1, -0.05) is 13.8 Å². The Labute approximate surface area is 152 Å². The highest BCUT2D eigenvalue weighted by atomic mass is 32.1. The fourth-order valence-corrected chi connectivity index (χ4v) is 4.00. The molecule has 1 N–H and O–H groups in total. The van der Waals surface area contributed by atoms with E-state index in [4.69, 9.17) is 0 Å². The predicted molar refractivity (Wildman–Crippen MR) is 104 cm³/mol. The van der Waals surface area contributed by atoms with E-state index in [1.165, 1.54) is 11.3 Å². The van der Waals surface area contributed by atoms with Gasteiger partial charge in [0, 0.05) is 30.5 Å². The minimum Gasteiger partial charge on any atom is -0.351 e. The summed E-state index contributed by atoms with van der Waals surface area (Å²) in [7, 11) is 0. The normalized spacial score (nSPS) is 11.3. The van der Waals surface area contributed by atoms with E-state index in [0.717, 1.165) is 42.0 Å². The molecular formula is C19H24N4OS. The van der Waals surface area contributed by atoms with Crippen LogP contribution in [-0.2, 0) is 0 Å². The second kappa shape index (κ2) is 8.27. The number of carbonyl (C=O) groups is 1. The van der Waals surface area contributed by atoms with Gasteiger partial charge in [0.25, 0.3) is 5.91 Å². The van der Waals surface area contributed by atoms with Gasteiger partial charge in [0.05, 0.1) is 5.69 Å². The molecule has 0 aromatic carbocycles. The zero-order valence-corrected chi connectivity index (χ0v) is 15.6. The fraction of sp³-hybridized carbons (Fsp3) is 0.368. The van der Waals surface area contributed by atoms with Gasteiger partial charge in [-0.3, -0.25) is 4.79 Å². The Kier molecular flexibility index (Phi) is 5.83. The van der Waals surface area contributed by atoms with Crippen LogP contribution >= 0.6 is 11.3 Å². The number of nitrogens with one attached hydrogen (secondary N) is 1. The number of amides is 1. The Bertz CT molecular complexity index is 821. The number of fused-ring (bicyclic) bond motifs is 1. The number of hydrogen-bond donors (Lipinski definition) is 1. The molecule has 0 aliphatic rings. The molecule has 25 heavy (non-hydrogen) atoms. The molecule has 0 unspecified atom stereocenters. The molecule has 0 saturated heterocycles. The lowest BCUT2D eigenvalue weighted by Gasteiger charge is -2.17. The molecule has 3 aromatic heterocycles. The molecule has 0 radical (unpaired) electrons. The van der Waals surface area contributed by atoms with Crippen LogP contribution in [0, 0.1) is 0 Å². The summed E-state index contributed by atoms with van der Waals surface area (Å²) in [4.78, 5) is 21.1. The number of thiophene rings is 1. The molecule has 0 saturated carbocycles. The van der Waals surface area contributed by atoms with Crippen LogP contribution in [0.25, 0.3) is 15.9 Å². The van der Waals surface area contributed by atoms with E-state index < -0.39 is 0 Å². The van der Waals surface area contributed by atoms with Crippen molar-refractivity contribution in [3.05, 3.63) is 47.7 Å². The van der Waals surface area contributed by atoms with Crippen molar-refractivity contribution in [3.63, 3.8) is 0 Å². The molecule has 3 rings (SSSR count). The van der Waals surface area contributed by atoms with Crippen molar-refractivity contribution in [2.45, 2.75) is 20.3 Å². The lowest BCUT2D eigenvalue weighted by atomic mass is 10.2.